The number of hydrogen-bond acceptors (Lipinski definition) is 2. The molecule has 1 aliphatic rings. The fourth-order valence-corrected chi connectivity index (χ4v) is 3.26. The summed E-state index contributed by atoms with van der Waals surface area (Å²) in [5, 5.41) is 0.744. The van der Waals surface area contributed by atoms with E-state index in [1.165, 1.54) is 16.7 Å². The van der Waals surface area contributed by atoms with E-state index in [-0.39, 0.29) is 0 Å². The van der Waals surface area contributed by atoms with E-state index in [1.54, 1.807) is 0 Å². The Hall–Kier alpha value is -2.19. The first-order valence-electron chi connectivity index (χ1n) is 7.44. The van der Waals surface area contributed by atoms with E-state index in [0.29, 0.717) is 0 Å². The average Bonchev–Trinajstić information content (AvgIpc) is 2.55. The van der Waals surface area contributed by atoms with Crippen LogP contribution < -0.4 is 0 Å². The van der Waals surface area contributed by atoms with Crippen LogP contribution in [0.2, 0.25) is 5.02 Å². The monoisotopic (exact) mass is 306 g/mol. The van der Waals surface area contributed by atoms with Crippen LogP contribution in [0.5, 0.6) is 0 Å². The Morgan fingerprint density at radius 1 is 0.864 bits per heavy atom. The third-order valence-electron chi connectivity index (χ3n) is 4.15. The summed E-state index contributed by atoms with van der Waals surface area (Å²) < 4.78 is 0. The van der Waals surface area contributed by atoms with Crippen molar-refractivity contribution in [1.29, 1.82) is 0 Å². The van der Waals surface area contributed by atoms with Crippen LogP contribution in [0.15, 0.2) is 48.5 Å². The molecule has 0 fully saturated rings. The number of rotatable bonds is 1. The first-order valence-corrected chi connectivity index (χ1v) is 7.82. The number of nitrogens with zero attached hydrogens (tertiary/aromatic N) is 2. The zero-order valence-electron chi connectivity index (χ0n) is 12.3. The molecule has 1 heterocycles. The fourth-order valence-electron chi connectivity index (χ4n) is 3.13. The standard InChI is InChI=1S/C19H15ClN2/c1-12-21-18(14-6-9-15(20)10-7-14)17-11-8-13-4-2-3-5-16(13)19(17)22-12/h2-7,9-10H,8,11H2,1H3. The SMILES string of the molecule is Cc1nc(-c2ccc(Cl)cc2)c2c(n1)-c1ccccc1CC2. The predicted molar refractivity (Wildman–Crippen MR) is 90.1 cm³/mol. The third kappa shape index (κ3) is 2.20. The van der Waals surface area contributed by atoms with Crippen LogP contribution in [-0.2, 0) is 12.8 Å². The minimum atomic E-state index is 0.744. The third-order valence-corrected chi connectivity index (χ3v) is 4.41. The van der Waals surface area contributed by atoms with Gasteiger partial charge in [0.25, 0.3) is 0 Å². The molecule has 0 unspecified atom stereocenters. The van der Waals surface area contributed by atoms with Crippen LogP contribution in [0.1, 0.15) is 17.0 Å². The Bertz CT molecular complexity index is 854. The number of halogens is 1. The lowest BCUT2D eigenvalue weighted by Gasteiger charge is -2.21. The van der Waals surface area contributed by atoms with Gasteiger partial charge in [-0.05, 0) is 37.5 Å². The quantitative estimate of drug-likeness (QED) is 0.641. The minimum absolute atomic E-state index is 0.744. The number of aryl methyl sites for hydroxylation is 2. The summed E-state index contributed by atoms with van der Waals surface area (Å²) in [5.74, 6) is 0.806. The molecule has 0 atom stereocenters. The number of fused-ring (bicyclic) bond motifs is 3. The van der Waals surface area contributed by atoms with Crippen molar-refractivity contribution in [2.24, 2.45) is 0 Å². The van der Waals surface area contributed by atoms with Gasteiger partial charge in [-0.2, -0.15) is 0 Å². The molecule has 0 bridgehead atoms. The lowest BCUT2D eigenvalue weighted by molar-refractivity contribution is 0.900. The predicted octanol–water partition coefficient (Wildman–Crippen LogP) is 4.87. The highest BCUT2D eigenvalue weighted by Gasteiger charge is 2.22. The molecule has 0 spiro atoms. The summed E-state index contributed by atoms with van der Waals surface area (Å²) in [6, 6.07) is 16.4. The first-order chi connectivity index (χ1) is 10.7. The summed E-state index contributed by atoms with van der Waals surface area (Å²) in [5.41, 5.74) is 7.07. The van der Waals surface area contributed by atoms with E-state index in [1.807, 2.05) is 31.2 Å². The first kappa shape index (κ1) is 13.5. The molecule has 2 aromatic carbocycles. The van der Waals surface area contributed by atoms with Crippen molar-refractivity contribution < 1.29 is 0 Å². The van der Waals surface area contributed by atoms with Crippen LogP contribution in [0.4, 0.5) is 0 Å². The molecular weight excluding hydrogens is 292 g/mol. The molecular formula is C19H15ClN2. The highest BCUT2D eigenvalue weighted by atomic mass is 35.5. The molecule has 0 N–H and O–H groups in total. The largest absolute Gasteiger partial charge is 0.233 e. The van der Waals surface area contributed by atoms with Gasteiger partial charge < -0.3 is 0 Å². The fraction of sp³-hybridized carbons (Fsp3) is 0.158. The van der Waals surface area contributed by atoms with Gasteiger partial charge in [0.1, 0.15) is 5.82 Å². The van der Waals surface area contributed by atoms with Gasteiger partial charge in [-0.25, -0.2) is 9.97 Å². The second kappa shape index (κ2) is 5.22. The molecule has 108 valence electrons. The molecule has 0 saturated heterocycles. The topological polar surface area (TPSA) is 25.8 Å². The molecule has 0 radical (unpaired) electrons. The average molecular weight is 307 g/mol. The van der Waals surface area contributed by atoms with E-state index in [0.717, 1.165) is 40.6 Å². The van der Waals surface area contributed by atoms with Gasteiger partial charge >= 0.3 is 0 Å². The van der Waals surface area contributed by atoms with E-state index >= 15 is 0 Å². The number of aromatic nitrogens is 2. The van der Waals surface area contributed by atoms with Gasteiger partial charge in [0, 0.05) is 21.7 Å². The zero-order chi connectivity index (χ0) is 15.1. The molecule has 3 heteroatoms. The van der Waals surface area contributed by atoms with Crippen LogP contribution in [0.3, 0.4) is 0 Å². The highest BCUT2D eigenvalue weighted by Crippen LogP contribution is 2.36. The lowest BCUT2D eigenvalue weighted by Crippen LogP contribution is -2.10. The Morgan fingerprint density at radius 2 is 1.59 bits per heavy atom. The second-order valence-corrected chi connectivity index (χ2v) is 6.05. The van der Waals surface area contributed by atoms with Gasteiger partial charge in [-0.3, -0.25) is 0 Å². The van der Waals surface area contributed by atoms with Crippen LogP contribution in [0.25, 0.3) is 22.5 Å². The van der Waals surface area contributed by atoms with Crippen LogP contribution >= 0.6 is 11.6 Å². The molecule has 0 aliphatic heterocycles. The molecule has 1 aromatic heterocycles. The minimum Gasteiger partial charge on any atom is -0.233 e. The molecule has 1 aliphatic carbocycles. The van der Waals surface area contributed by atoms with Crippen molar-refractivity contribution in [3.63, 3.8) is 0 Å². The molecule has 3 aromatic rings. The molecule has 22 heavy (non-hydrogen) atoms. The summed E-state index contributed by atoms with van der Waals surface area (Å²) in [4.78, 5) is 9.43. The van der Waals surface area contributed by atoms with Gasteiger partial charge in [0.2, 0.25) is 0 Å². The van der Waals surface area contributed by atoms with Crippen molar-refractivity contribution >= 4 is 11.6 Å². The maximum absolute atomic E-state index is 6.01. The molecule has 0 saturated carbocycles. The lowest BCUT2D eigenvalue weighted by atomic mass is 9.87. The summed E-state index contributed by atoms with van der Waals surface area (Å²) in [7, 11) is 0. The van der Waals surface area contributed by atoms with Gasteiger partial charge in [0.05, 0.1) is 11.4 Å². The van der Waals surface area contributed by atoms with Gasteiger partial charge in [-0.15, -0.1) is 0 Å². The van der Waals surface area contributed by atoms with Gasteiger partial charge in [0.15, 0.2) is 0 Å². The smallest absolute Gasteiger partial charge is 0.126 e. The number of benzene rings is 2. The van der Waals surface area contributed by atoms with Crippen molar-refractivity contribution in [1.82, 2.24) is 9.97 Å². The van der Waals surface area contributed by atoms with E-state index in [4.69, 9.17) is 21.6 Å². The van der Waals surface area contributed by atoms with E-state index in [9.17, 15) is 0 Å². The van der Waals surface area contributed by atoms with Crippen molar-refractivity contribution in [2.75, 3.05) is 0 Å². The van der Waals surface area contributed by atoms with Crippen molar-refractivity contribution in [3.05, 3.63) is 70.5 Å². The summed E-state index contributed by atoms with van der Waals surface area (Å²) in [6.45, 7) is 1.96. The maximum atomic E-state index is 6.01. The van der Waals surface area contributed by atoms with Crippen molar-refractivity contribution in [2.45, 2.75) is 19.8 Å². The van der Waals surface area contributed by atoms with Gasteiger partial charge in [-0.1, -0.05) is 48.0 Å². The van der Waals surface area contributed by atoms with Crippen LogP contribution in [-0.4, -0.2) is 9.97 Å². The summed E-state index contributed by atoms with van der Waals surface area (Å²) in [6.07, 6.45) is 2.01. The van der Waals surface area contributed by atoms with Crippen molar-refractivity contribution in [3.8, 4) is 22.5 Å². The Labute approximate surface area is 134 Å². The highest BCUT2D eigenvalue weighted by molar-refractivity contribution is 6.30. The van der Waals surface area contributed by atoms with E-state index in [2.05, 4.69) is 24.3 Å². The summed E-state index contributed by atoms with van der Waals surface area (Å²) >= 11 is 6.01. The Kier molecular flexibility index (Phi) is 3.20. The zero-order valence-corrected chi connectivity index (χ0v) is 13.1. The molecule has 0 amide bonds. The van der Waals surface area contributed by atoms with Crippen LogP contribution in [0, 0.1) is 6.92 Å². The Morgan fingerprint density at radius 3 is 2.41 bits per heavy atom. The second-order valence-electron chi connectivity index (χ2n) is 5.61. The van der Waals surface area contributed by atoms with E-state index < -0.39 is 0 Å². The Balaban J connectivity index is 1.96. The maximum Gasteiger partial charge on any atom is 0.126 e. The molecule has 2 nitrogen and oxygen atoms in total. The molecule has 4 rings (SSSR count). The number of hydrogen-bond donors (Lipinski definition) is 0. The normalized spacial score (nSPS) is 12.6.